The van der Waals surface area contributed by atoms with Gasteiger partial charge in [0.25, 0.3) is 11.8 Å². The third kappa shape index (κ3) is 3.51. The van der Waals surface area contributed by atoms with Crippen LogP contribution in [0.4, 0.5) is 11.6 Å². The Morgan fingerprint density at radius 3 is 2.37 bits per heavy atom. The minimum Gasteiger partial charge on any atom is -0.336 e. The lowest BCUT2D eigenvalue weighted by atomic mass is 10.1. The number of primary sulfonamides is 1. The summed E-state index contributed by atoms with van der Waals surface area (Å²) in [6, 6.07) is 6.80. The van der Waals surface area contributed by atoms with E-state index in [0.29, 0.717) is 11.4 Å². The van der Waals surface area contributed by atoms with Gasteiger partial charge in [-0.15, -0.1) is 11.3 Å². The van der Waals surface area contributed by atoms with Crippen LogP contribution in [0.25, 0.3) is 0 Å². The second kappa shape index (κ2) is 7.08. The third-order valence-corrected chi connectivity index (χ3v) is 6.39. The lowest BCUT2D eigenvalue weighted by Gasteiger charge is -2.23. The molecule has 2 aromatic heterocycles. The second-order valence-corrected chi connectivity index (χ2v) is 8.75. The van der Waals surface area contributed by atoms with Crippen LogP contribution in [0.5, 0.6) is 0 Å². The van der Waals surface area contributed by atoms with Gasteiger partial charge in [-0.1, -0.05) is 35.0 Å². The molecule has 27 heavy (non-hydrogen) atoms. The van der Waals surface area contributed by atoms with Crippen LogP contribution in [0, 0.1) is 20.8 Å². The van der Waals surface area contributed by atoms with Crippen LogP contribution in [0.2, 0.25) is 5.02 Å². The molecule has 0 aliphatic carbocycles. The molecule has 2 heterocycles. The summed E-state index contributed by atoms with van der Waals surface area (Å²) >= 11 is 7.27. The molecule has 7 nitrogen and oxygen atoms in total. The van der Waals surface area contributed by atoms with Gasteiger partial charge in [0.05, 0.1) is 5.69 Å². The summed E-state index contributed by atoms with van der Waals surface area (Å²) in [5.74, 6) is -0.602. The van der Waals surface area contributed by atoms with E-state index in [0.717, 1.165) is 22.5 Å². The number of thiophene rings is 1. The van der Waals surface area contributed by atoms with Crippen LogP contribution in [0.15, 0.2) is 39.1 Å². The normalized spacial score (nSPS) is 11.6. The monoisotopic (exact) mass is 425 g/mol. The Morgan fingerprint density at radius 1 is 1.22 bits per heavy atom. The van der Waals surface area contributed by atoms with Crippen molar-refractivity contribution in [1.29, 1.82) is 0 Å². The zero-order valence-corrected chi connectivity index (χ0v) is 17.1. The number of nitrogens with two attached hydrogens (primary N) is 1. The van der Waals surface area contributed by atoms with Crippen molar-refractivity contribution in [3.05, 3.63) is 56.4 Å². The van der Waals surface area contributed by atoms with Crippen LogP contribution in [0.3, 0.4) is 0 Å². The zero-order valence-electron chi connectivity index (χ0n) is 14.7. The molecule has 0 aliphatic heterocycles. The number of amides is 1. The fourth-order valence-electron chi connectivity index (χ4n) is 2.72. The number of hydrogen-bond donors (Lipinski definition) is 1. The zero-order chi connectivity index (χ0) is 19.9. The Kier molecular flexibility index (Phi) is 5.13. The largest absolute Gasteiger partial charge is 0.336 e. The molecule has 0 saturated carbocycles. The number of hydrogen-bond acceptors (Lipinski definition) is 6. The lowest BCUT2D eigenvalue weighted by molar-refractivity contribution is 0.0995. The first kappa shape index (κ1) is 19.6. The molecule has 0 spiro atoms. The number of nitrogens with zero attached hydrogens (tertiary/aromatic N) is 2. The molecule has 0 saturated heterocycles. The highest BCUT2D eigenvalue weighted by Gasteiger charge is 2.33. The number of benzene rings is 1. The van der Waals surface area contributed by atoms with Crippen molar-refractivity contribution in [2.45, 2.75) is 25.7 Å². The van der Waals surface area contributed by atoms with E-state index in [2.05, 4.69) is 5.16 Å². The fraction of sp³-hybridized carbons (Fsp3) is 0.176. The standard InChI is InChI=1S/C17H16ClN3O4S2/c1-9-5-4-6-10(2)14(9)21(17-13(18)11(3)20-25-17)16(22)15-12(7-8-26-15)27(19,23)24/h4-8H,1-3H3,(H2,19,23,24). The van der Waals surface area contributed by atoms with Crippen LogP contribution in [-0.2, 0) is 10.0 Å². The summed E-state index contributed by atoms with van der Waals surface area (Å²) in [6.07, 6.45) is 0. The number of rotatable bonds is 4. The topological polar surface area (TPSA) is 106 Å². The molecular formula is C17H16ClN3O4S2. The van der Waals surface area contributed by atoms with Gasteiger partial charge in [-0.25, -0.2) is 18.5 Å². The van der Waals surface area contributed by atoms with E-state index < -0.39 is 15.9 Å². The lowest BCUT2D eigenvalue weighted by Crippen LogP contribution is -2.28. The molecule has 0 unspecified atom stereocenters. The van der Waals surface area contributed by atoms with Gasteiger partial charge in [-0.05, 0) is 43.3 Å². The molecule has 2 N–H and O–H groups in total. The second-order valence-electron chi connectivity index (χ2n) is 5.93. The summed E-state index contributed by atoms with van der Waals surface area (Å²) in [6.45, 7) is 5.30. The van der Waals surface area contributed by atoms with Gasteiger partial charge < -0.3 is 4.52 Å². The summed E-state index contributed by atoms with van der Waals surface area (Å²) in [4.78, 5) is 14.4. The Balaban J connectivity index is 2.28. The minimum absolute atomic E-state index is 0.0188. The van der Waals surface area contributed by atoms with Crippen LogP contribution in [0.1, 0.15) is 26.5 Å². The Hall–Kier alpha value is -2.20. The van der Waals surface area contributed by atoms with E-state index >= 15 is 0 Å². The third-order valence-electron chi connectivity index (χ3n) is 3.97. The SMILES string of the molecule is Cc1cccc(C)c1N(C(=O)c1sccc1S(N)(=O)=O)c1onc(C)c1Cl. The van der Waals surface area contributed by atoms with Crippen molar-refractivity contribution >= 4 is 50.4 Å². The van der Waals surface area contributed by atoms with Crippen molar-refractivity contribution in [1.82, 2.24) is 5.16 Å². The predicted molar refractivity (Wildman–Crippen MR) is 104 cm³/mol. The summed E-state index contributed by atoms with van der Waals surface area (Å²) in [5, 5.41) is 10.7. The Bertz CT molecular complexity index is 1110. The first-order valence-electron chi connectivity index (χ1n) is 7.75. The molecule has 3 rings (SSSR count). The molecule has 0 fully saturated rings. The number of carbonyl (C=O) groups is 1. The summed E-state index contributed by atoms with van der Waals surface area (Å²) in [5.41, 5.74) is 2.51. The molecule has 1 aromatic carbocycles. The first-order chi connectivity index (χ1) is 12.6. The molecule has 0 aliphatic rings. The van der Waals surface area contributed by atoms with Crippen LogP contribution >= 0.6 is 22.9 Å². The van der Waals surface area contributed by atoms with Crippen molar-refractivity contribution in [3.63, 3.8) is 0 Å². The molecule has 0 atom stereocenters. The maximum atomic E-state index is 13.4. The van der Waals surface area contributed by atoms with Crippen molar-refractivity contribution in [2.24, 2.45) is 5.14 Å². The molecule has 0 radical (unpaired) electrons. The average molecular weight is 426 g/mol. The molecular weight excluding hydrogens is 410 g/mol. The van der Waals surface area contributed by atoms with Gasteiger partial charge in [-0.3, -0.25) is 4.79 Å². The average Bonchev–Trinajstić information content (AvgIpc) is 3.19. The Labute approximate surface area is 165 Å². The fourth-order valence-corrected chi connectivity index (χ4v) is 4.77. The van der Waals surface area contributed by atoms with Gasteiger partial charge >= 0.3 is 0 Å². The predicted octanol–water partition coefficient (Wildman–Crippen LogP) is 3.94. The number of carbonyl (C=O) groups excluding carboxylic acids is 1. The smallest absolute Gasteiger partial charge is 0.276 e. The van der Waals surface area contributed by atoms with Crippen LogP contribution in [-0.4, -0.2) is 19.5 Å². The highest BCUT2D eigenvalue weighted by Crippen LogP contribution is 2.39. The van der Waals surface area contributed by atoms with E-state index in [1.165, 1.54) is 16.3 Å². The first-order valence-corrected chi connectivity index (χ1v) is 10.6. The molecule has 1 amide bonds. The number of aromatic nitrogens is 1. The summed E-state index contributed by atoms with van der Waals surface area (Å²) < 4.78 is 29.1. The number of anilines is 2. The number of aryl methyl sites for hydroxylation is 3. The highest BCUT2D eigenvalue weighted by atomic mass is 35.5. The van der Waals surface area contributed by atoms with Gasteiger partial charge in [0.2, 0.25) is 10.0 Å². The number of para-hydroxylation sites is 1. The minimum atomic E-state index is -4.07. The quantitative estimate of drug-likeness (QED) is 0.681. The van der Waals surface area contributed by atoms with E-state index in [1.807, 2.05) is 32.0 Å². The maximum absolute atomic E-state index is 13.4. The molecule has 10 heteroatoms. The molecule has 142 valence electrons. The van der Waals surface area contributed by atoms with Gasteiger partial charge in [-0.2, -0.15) is 0 Å². The molecule has 0 bridgehead atoms. The van der Waals surface area contributed by atoms with E-state index in [1.54, 1.807) is 6.92 Å². The van der Waals surface area contributed by atoms with E-state index in [-0.39, 0.29) is 20.7 Å². The number of halogens is 1. The van der Waals surface area contributed by atoms with Crippen LogP contribution < -0.4 is 10.0 Å². The Morgan fingerprint density at radius 2 is 1.85 bits per heavy atom. The van der Waals surface area contributed by atoms with E-state index in [9.17, 15) is 13.2 Å². The van der Waals surface area contributed by atoms with E-state index in [4.69, 9.17) is 21.3 Å². The summed E-state index contributed by atoms with van der Waals surface area (Å²) in [7, 11) is -4.07. The van der Waals surface area contributed by atoms with Gasteiger partial charge in [0, 0.05) is 0 Å². The number of sulfonamides is 1. The maximum Gasteiger partial charge on any atom is 0.276 e. The van der Waals surface area contributed by atoms with Gasteiger partial charge in [0.15, 0.2) is 0 Å². The van der Waals surface area contributed by atoms with Crippen molar-refractivity contribution in [3.8, 4) is 0 Å². The van der Waals surface area contributed by atoms with Crippen molar-refractivity contribution in [2.75, 3.05) is 4.90 Å². The highest BCUT2D eigenvalue weighted by molar-refractivity contribution is 7.89. The van der Waals surface area contributed by atoms with Crippen molar-refractivity contribution < 1.29 is 17.7 Å². The molecule has 3 aromatic rings. The van der Waals surface area contributed by atoms with Gasteiger partial charge in [0.1, 0.15) is 20.5 Å².